The Morgan fingerprint density at radius 1 is 0.981 bits per heavy atom. The van der Waals surface area contributed by atoms with Gasteiger partial charge < -0.3 is 30.3 Å². The number of hydrogen-bond donors (Lipinski definition) is 5. The highest BCUT2D eigenvalue weighted by Gasteiger charge is 2.57. The lowest BCUT2D eigenvalue weighted by atomic mass is 9.46. The Morgan fingerprint density at radius 3 is 2.27 bits per heavy atom. The molecular weight excluding hydrogens is 664 g/mol. The smallest absolute Gasteiger partial charge is 0.309 e. The maximum atomic E-state index is 13.3. The number of allylic oxidation sites excluding steroid dienone is 5. The Morgan fingerprint density at radius 2 is 1.65 bits per heavy atom. The second-order valence-electron chi connectivity index (χ2n) is 16.5. The number of carboxylic acids is 1. The van der Waals surface area contributed by atoms with Gasteiger partial charge in [-0.15, -0.1) is 0 Å². The molecule has 0 saturated heterocycles. The largest absolute Gasteiger partial charge is 0.511 e. The highest BCUT2D eigenvalue weighted by Crippen LogP contribution is 2.62. The number of rotatable bonds is 10. The molecule has 5 N–H and O–H groups in total. The second-order valence-corrected chi connectivity index (χ2v) is 16.5. The zero-order valence-corrected chi connectivity index (χ0v) is 31.6. The standard InChI is InChI=1S/C42H54O10/c1-9-11-28(44)32-33(45)24-14-16-29(22(3)12-15-27-21(2)13-17-30-41(27,7)18-10-19-42(30,8)39(50)51)52-36(24)25(34(32)46)20-26-35(47)31(23(4)43)38(49)40(5,6)37(26)48/h12,27,29-30,45-48H,2,9-11,13-20H2,1,3-8H3,(H,50,51)/t27-,29+,30+,41+,42+/m1/s1. The van der Waals surface area contributed by atoms with E-state index in [1.807, 2.05) is 13.8 Å². The quantitative estimate of drug-likeness (QED) is 0.0897. The van der Waals surface area contributed by atoms with Crippen LogP contribution in [0.3, 0.4) is 0 Å². The SMILES string of the molecule is C=C1CC[C@H]2[C@@](C)(CCC[C@]2(C)C(=O)O)[C@@H]1CC=C(C)[C@@H]1CCc2c(O)c(C(=O)CCC)c(O)c(CC3=C(O)C(C)(C)C(=O)C(C(C)=O)=C3O)c2O1. The Labute approximate surface area is 306 Å². The third-order valence-corrected chi connectivity index (χ3v) is 12.9. The van der Waals surface area contributed by atoms with Crippen LogP contribution in [0.5, 0.6) is 17.2 Å². The number of aromatic hydroxyl groups is 2. The molecule has 10 nitrogen and oxygen atoms in total. The van der Waals surface area contributed by atoms with Gasteiger partial charge in [0.15, 0.2) is 17.3 Å². The van der Waals surface area contributed by atoms with Crippen LogP contribution in [0.1, 0.15) is 128 Å². The van der Waals surface area contributed by atoms with Gasteiger partial charge in [0.1, 0.15) is 46.0 Å². The van der Waals surface area contributed by atoms with Crippen LogP contribution < -0.4 is 4.74 Å². The van der Waals surface area contributed by atoms with Crippen molar-refractivity contribution in [2.45, 2.75) is 125 Å². The van der Waals surface area contributed by atoms with Gasteiger partial charge >= 0.3 is 5.97 Å². The monoisotopic (exact) mass is 718 g/mol. The molecule has 1 heterocycles. The summed E-state index contributed by atoms with van der Waals surface area (Å²) < 4.78 is 6.57. The normalized spacial score (nSPS) is 29.0. The van der Waals surface area contributed by atoms with Gasteiger partial charge in [0, 0.05) is 29.5 Å². The Bertz CT molecular complexity index is 1840. The minimum absolute atomic E-state index is 0.0196. The predicted octanol–water partition coefficient (Wildman–Crippen LogP) is 8.34. The molecule has 0 radical (unpaired) electrons. The zero-order valence-electron chi connectivity index (χ0n) is 31.6. The highest BCUT2D eigenvalue weighted by atomic mass is 16.5. The molecule has 0 aromatic heterocycles. The van der Waals surface area contributed by atoms with Gasteiger partial charge in [-0.3, -0.25) is 19.2 Å². The van der Waals surface area contributed by atoms with E-state index in [0.29, 0.717) is 37.7 Å². The molecule has 5 rings (SSSR count). The van der Waals surface area contributed by atoms with Crippen molar-refractivity contribution in [1.29, 1.82) is 0 Å². The van der Waals surface area contributed by atoms with Crippen LogP contribution >= 0.6 is 0 Å². The maximum absolute atomic E-state index is 13.3. The summed E-state index contributed by atoms with van der Waals surface area (Å²) in [7, 11) is 0. The molecule has 1 aromatic rings. The summed E-state index contributed by atoms with van der Waals surface area (Å²) in [6, 6.07) is 0. The van der Waals surface area contributed by atoms with Crippen LogP contribution in [0.25, 0.3) is 0 Å². The third-order valence-electron chi connectivity index (χ3n) is 12.9. The Hall–Kier alpha value is -4.34. The van der Waals surface area contributed by atoms with Gasteiger partial charge in [-0.05, 0) is 109 Å². The fourth-order valence-corrected chi connectivity index (χ4v) is 9.68. The lowest BCUT2D eigenvalue weighted by molar-refractivity contribution is -0.164. The van der Waals surface area contributed by atoms with E-state index in [0.717, 1.165) is 43.8 Å². The number of carbonyl (C=O) groups excluding carboxylic acids is 3. The first kappa shape index (κ1) is 38.9. The molecule has 10 heteroatoms. The number of carboxylic acid groups (broad SMARTS) is 1. The van der Waals surface area contributed by atoms with Gasteiger partial charge in [-0.25, -0.2) is 0 Å². The van der Waals surface area contributed by atoms with Crippen molar-refractivity contribution in [1.82, 2.24) is 0 Å². The average Bonchev–Trinajstić information content (AvgIpc) is 3.06. The fourth-order valence-electron chi connectivity index (χ4n) is 9.68. The van der Waals surface area contributed by atoms with E-state index in [-0.39, 0.29) is 51.9 Å². The van der Waals surface area contributed by atoms with Crippen LogP contribution in [0.15, 0.2) is 46.5 Å². The number of fused-ring (bicyclic) bond motifs is 2. The van der Waals surface area contributed by atoms with E-state index >= 15 is 0 Å². The minimum atomic E-state index is -1.56. The van der Waals surface area contributed by atoms with Gasteiger partial charge in [-0.1, -0.05) is 38.5 Å². The predicted molar refractivity (Wildman–Crippen MR) is 196 cm³/mol. The summed E-state index contributed by atoms with van der Waals surface area (Å²) in [6.45, 7) is 16.3. The average molecular weight is 719 g/mol. The first-order valence-electron chi connectivity index (χ1n) is 18.5. The number of ketones is 3. The van der Waals surface area contributed by atoms with Crippen molar-refractivity contribution < 1.29 is 49.4 Å². The van der Waals surface area contributed by atoms with Crippen LogP contribution in [-0.4, -0.2) is 55.0 Å². The number of aliphatic carboxylic acids is 1. The molecule has 1 aliphatic heterocycles. The van der Waals surface area contributed by atoms with E-state index in [4.69, 9.17) is 4.74 Å². The van der Waals surface area contributed by atoms with Crippen LogP contribution in [-0.2, 0) is 27.2 Å². The Balaban J connectivity index is 1.55. The summed E-state index contributed by atoms with van der Waals surface area (Å²) >= 11 is 0. The molecule has 4 aliphatic rings. The number of hydrogen-bond acceptors (Lipinski definition) is 9. The van der Waals surface area contributed by atoms with Crippen LogP contribution in [0.4, 0.5) is 0 Å². The molecule has 1 aromatic carbocycles. The summed E-state index contributed by atoms with van der Waals surface area (Å²) in [5.74, 6) is -4.58. The molecule has 0 spiro atoms. The molecule has 5 atom stereocenters. The van der Waals surface area contributed by atoms with Gasteiger partial charge in [0.05, 0.1) is 10.8 Å². The van der Waals surface area contributed by atoms with Crippen molar-refractivity contribution >= 4 is 23.3 Å². The number of phenols is 2. The van der Waals surface area contributed by atoms with Crippen molar-refractivity contribution in [3.05, 3.63) is 63.2 Å². The van der Waals surface area contributed by atoms with E-state index < -0.39 is 69.5 Å². The first-order valence-corrected chi connectivity index (χ1v) is 18.5. The zero-order chi connectivity index (χ0) is 38.7. The molecule has 0 unspecified atom stereocenters. The summed E-state index contributed by atoms with van der Waals surface area (Å²) in [4.78, 5) is 51.4. The second kappa shape index (κ2) is 13.9. The summed E-state index contributed by atoms with van der Waals surface area (Å²) in [6.07, 6.45) is 7.10. The molecule has 282 valence electrons. The number of ether oxygens (including phenoxy) is 1. The van der Waals surface area contributed by atoms with Gasteiger partial charge in [0.2, 0.25) is 0 Å². The van der Waals surface area contributed by atoms with E-state index in [1.165, 1.54) is 13.8 Å². The topological polar surface area (TPSA) is 179 Å². The lowest BCUT2D eigenvalue weighted by Gasteiger charge is -2.57. The van der Waals surface area contributed by atoms with Crippen molar-refractivity contribution in [3.63, 3.8) is 0 Å². The van der Waals surface area contributed by atoms with E-state index in [1.54, 1.807) is 6.92 Å². The third kappa shape index (κ3) is 6.15. The number of benzene rings is 1. The van der Waals surface area contributed by atoms with Crippen molar-refractivity contribution in [3.8, 4) is 17.2 Å². The summed E-state index contributed by atoms with van der Waals surface area (Å²) in [5.41, 5.74) is -1.12. The molecule has 0 bridgehead atoms. The Kier molecular flexibility index (Phi) is 10.4. The minimum Gasteiger partial charge on any atom is -0.511 e. The first-order chi connectivity index (χ1) is 24.2. The van der Waals surface area contributed by atoms with Crippen molar-refractivity contribution in [2.24, 2.45) is 28.1 Å². The number of aliphatic hydroxyl groups excluding tert-OH is 2. The van der Waals surface area contributed by atoms with Crippen LogP contribution in [0, 0.1) is 28.1 Å². The van der Waals surface area contributed by atoms with Crippen molar-refractivity contribution in [2.75, 3.05) is 0 Å². The summed E-state index contributed by atoms with van der Waals surface area (Å²) in [5, 5.41) is 55.8. The number of Topliss-reactive ketones (excluding diaryl/α,β-unsaturated/α-hetero) is 3. The molecule has 3 aliphatic carbocycles. The molecule has 0 amide bonds. The number of aliphatic hydroxyl groups is 2. The molecule has 52 heavy (non-hydrogen) atoms. The molecule has 2 saturated carbocycles. The lowest BCUT2D eigenvalue weighted by Crippen LogP contribution is -2.53. The van der Waals surface area contributed by atoms with E-state index in [9.17, 15) is 44.7 Å². The number of carbonyl (C=O) groups is 4. The maximum Gasteiger partial charge on any atom is 0.309 e. The molecular formula is C42H54O10. The van der Waals surface area contributed by atoms with Crippen LogP contribution in [0.2, 0.25) is 0 Å². The fraction of sp³-hybridized carbons (Fsp3) is 0.571. The molecule has 2 fully saturated rings. The van der Waals surface area contributed by atoms with E-state index in [2.05, 4.69) is 19.6 Å². The van der Waals surface area contributed by atoms with Gasteiger partial charge in [0.25, 0.3) is 0 Å². The number of phenolic OH excluding ortho intramolecular Hbond substituents is 2. The van der Waals surface area contributed by atoms with Gasteiger partial charge in [-0.2, -0.15) is 0 Å². The highest BCUT2D eigenvalue weighted by molar-refractivity contribution is 6.23.